The third-order valence-corrected chi connectivity index (χ3v) is 5.23. The summed E-state index contributed by atoms with van der Waals surface area (Å²) in [5, 5.41) is 9.05. The van der Waals surface area contributed by atoms with Crippen molar-refractivity contribution in [1.82, 2.24) is 14.9 Å². The minimum absolute atomic E-state index is 0.00556. The van der Waals surface area contributed by atoms with Gasteiger partial charge in [-0.1, -0.05) is 25.1 Å². The van der Waals surface area contributed by atoms with E-state index in [2.05, 4.69) is 29.0 Å². The minimum Gasteiger partial charge on any atom is -0.491 e. The van der Waals surface area contributed by atoms with Gasteiger partial charge in [-0.25, -0.2) is 9.97 Å². The van der Waals surface area contributed by atoms with E-state index < -0.39 is 5.97 Å². The summed E-state index contributed by atoms with van der Waals surface area (Å²) >= 11 is 0. The molecule has 0 amide bonds. The second kappa shape index (κ2) is 10.4. The number of aromatic nitrogens is 2. The smallest absolute Gasteiger partial charge is 0.317 e. The van der Waals surface area contributed by atoms with Gasteiger partial charge in [-0.3, -0.25) is 9.69 Å². The average Bonchev–Trinajstić information content (AvgIpc) is 2.74. The topological polar surface area (TPSA) is 75.6 Å². The zero-order valence-corrected chi connectivity index (χ0v) is 19.4. The van der Waals surface area contributed by atoms with E-state index in [1.54, 1.807) is 4.90 Å². The van der Waals surface area contributed by atoms with Crippen LogP contribution in [-0.2, 0) is 17.8 Å². The number of ether oxygens (including phenoxy) is 1. The van der Waals surface area contributed by atoms with Gasteiger partial charge in [0, 0.05) is 30.1 Å². The Bertz CT molecular complexity index is 1080. The first-order valence-corrected chi connectivity index (χ1v) is 10.9. The van der Waals surface area contributed by atoms with Gasteiger partial charge in [-0.05, 0) is 74.7 Å². The van der Waals surface area contributed by atoms with Crippen LogP contribution in [0.3, 0.4) is 0 Å². The second-order valence-corrected chi connectivity index (χ2v) is 8.31. The van der Waals surface area contributed by atoms with E-state index in [-0.39, 0.29) is 12.6 Å². The van der Waals surface area contributed by atoms with Crippen LogP contribution in [0.15, 0.2) is 48.8 Å². The first kappa shape index (κ1) is 23.4. The summed E-state index contributed by atoms with van der Waals surface area (Å²) in [5.74, 6) is 0.714. The highest BCUT2D eigenvalue weighted by molar-refractivity contribution is 5.70. The Morgan fingerprint density at radius 2 is 1.84 bits per heavy atom. The number of hydrogen-bond acceptors (Lipinski definition) is 5. The van der Waals surface area contributed by atoms with Crippen LogP contribution in [0.1, 0.15) is 37.5 Å². The van der Waals surface area contributed by atoms with Crippen LogP contribution in [0.5, 0.6) is 5.75 Å². The Morgan fingerprint density at radius 3 is 2.44 bits per heavy atom. The maximum atomic E-state index is 11.0. The first-order valence-electron chi connectivity index (χ1n) is 10.9. The van der Waals surface area contributed by atoms with Crippen LogP contribution < -0.4 is 4.74 Å². The molecule has 2 aromatic carbocycles. The van der Waals surface area contributed by atoms with Crippen LogP contribution in [-0.4, -0.2) is 45.6 Å². The summed E-state index contributed by atoms with van der Waals surface area (Å²) < 4.78 is 5.82. The molecule has 0 aliphatic heterocycles. The highest BCUT2D eigenvalue weighted by Gasteiger charge is 2.13. The highest BCUT2D eigenvalue weighted by Crippen LogP contribution is 2.29. The molecule has 32 heavy (non-hydrogen) atoms. The van der Waals surface area contributed by atoms with Crippen molar-refractivity contribution >= 4 is 5.97 Å². The fraction of sp³-hybridized carbons (Fsp3) is 0.346. The van der Waals surface area contributed by atoms with Gasteiger partial charge >= 0.3 is 5.97 Å². The summed E-state index contributed by atoms with van der Waals surface area (Å²) in [5.41, 5.74) is 6.34. The number of likely N-dealkylation sites (N-methyl/N-ethyl adjacent to an activating group) is 1. The second-order valence-electron chi connectivity index (χ2n) is 8.31. The van der Waals surface area contributed by atoms with E-state index in [1.807, 2.05) is 64.5 Å². The number of rotatable bonds is 9. The molecular formula is C26H31N3O3. The molecular weight excluding hydrogens is 402 g/mol. The van der Waals surface area contributed by atoms with Crippen molar-refractivity contribution in [2.45, 2.75) is 46.8 Å². The summed E-state index contributed by atoms with van der Waals surface area (Å²) in [6.07, 6.45) is 4.68. The fourth-order valence-corrected chi connectivity index (χ4v) is 3.84. The van der Waals surface area contributed by atoms with Gasteiger partial charge in [-0.15, -0.1) is 0 Å². The number of nitrogens with zero attached hydrogens (tertiary/aromatic N) is 3. The zero-order chi connectivity index (χ0) is 23.3. The number of carboxylic acid groups (broad SMARTS) is 1. The molecule has 0 aliphatic rings. The van der Waals surface area contributed by atoms with Crippen molar-refractivity contribution in [3.05, 3.63) is 65.5 Å². The molecule has 0 radical (unpaired) electrons. The Hall–Kier alpha value is -3.25. The van der Waals surface area contributed by atoms with Crippen LogP contribution in [0.4, 0.5) is 0 Å². The molecule has 0 bridgehead atoms. The van der Waals surface area contributed by atoms with E-state index in [4.69, 9.17) is 9.84 Å². The van der Waals surface area contributed by atoms with E-state index in [0.717, 1.165) is 40.0 Å². The molecule has 0 atom stereocenters. The Morgan fingerprint density at radius 1 is 1.12 bits per heavy atom. The van der Waals surface area contributed by atoms with E-state index >= 15 is 0 Å². The van der Waals surface area contributed by atoms with Crippen LogP contribution in [0, 0.1) is 6.92 Å². The highest BCUT2D eigenvalue weighted by atomic mass is 16.5. The molecule has 0 fully saturated rings. The van der Waals surface area contributed by atoms with E-state index in [1.165, 1.54) is 5.56 Å². The Balaban J connectivity index is 1.87. The van der Waals surface area contributed by atoms with Gasteiger partial charge in [0.2, 0.25) is 0 Å². The summed E-state index contributed by atoms with van der Waals surface area (Å²) in [4.78, 5) is 22.1. The molecule has 1 heterocycles. The lowest BCUT2D eigenvalue weighted by molar-refractivity contribution is -0.138. The van der Waals surface area contributed by atoms with Crippen molar-refractivity contribution in [2.24, 2.45) is 0 Å². The molecule has 0 saturated carbocycles. The molecule has 1 N–H and O–H groups in total. The minimum atomic E-state index is -0.829. The van der Waals surface area contributed by atoms with Crippen molar-refractivity contribution in [3.8, 4) is 28.3 Å². The normalized spacial score (nSPS) is 11.2. The number of carboxylic acids is 1. The molecule has 0 spiro atoms. The fourth-order valence-electron chi connectivity index (χ4n) is 3.84. The standard InChI is InChI=1S/C26H31N3O3/c1-6-22-20(15-29(5)16-25(30)31)8-7-9-23(22)21-13-27-26(28-14-21)19-10-11-24(18(4)12-19)32-17(2)3/h7-14,17H,6,15-16H2,1-5H3,(H,30,31). The van der Waals surface area contributed by atoms with E-state index in [0.29, 0.717) is 12.4 Å². The lowest BCUT2D eigenvalue weighted by atomic mass is 9.95. The molecule has 0 saturated heterocycles. The lowest BCUT2D eigenvalue weighted by Gasteiger charge is -2.19. The predicted molar refractivity (Wildman–Crippen MR) is 127 cm³/mol. The average molecular weight is 434 g/mol. The van der Waals surface area contributed by atoms with E-state index in [9.17, 15) is 4.79 Å². The maximum absolute atomic E-state index is 11.0. The summed E-state index contributed by atoms with van der Waals surface area (Å²) in [6, 6.07) is 12.1. The Labute approximate surface area is 189 Å². The number of aliphatic carboxylic acids is 1. The molecule has 3 aromatic rings. The maximum Gasteiger partial charge on any atom is 0.317 e. The molecule has 0 aliphatic carbocycles. The van der Waals surface area contributed by atoms with Crippen LogP contribution in [0.2, 0.25) is 0 Å². The number of hydrogen-bond donors (Lipinski definition) is 1. The summed E-state index contributed by atoms with van der Waals surface area (Å²) in [6.45, 7) is 8.74. The third kappa shape index (κ3) is 5.71. The van der Waals surface area contributed by atoms with Crippen molar-refractivity contribution in [3.63, 3.8) is 0 Å². The third-order valence-electron chi connectivity index (χ3n) is 5.23. The molecule has 0 unspecified atom stereocenters. The summed E-state index contributed by atoms with van der Waals surface area (Å²) in [7, 11) is 1.82. The Kier molecular flexibility index (Phi) is 7.59. The monoisotopic (exact) mass is 433 g/mol. The van der Waals surface area contributed by atoms with Crippen LogP contribution in [0.25, 0.3) is 22.5 Å². The largest absolute Gasteiger partial charge is 0.491 e. The van der Waals surface area contributed by atoms with Crippen LogP contribution >= 0.6 is 0 Å². The van der Waals surface area contributed by atoms with Crippen molar-refractivity contribution < 1.29 is 14.6 Å². The van der Waals surface area contributed by atoms with Gasteiger partial charge in [0.05, 0.1) is 12.6 Å². The molecule has 168 valence electrons. The van der Waals surface area contributed by atoms with Gasteiger partial charge in [0.25, 0.3) is 0 Å². The van der Waals surface area contributed by atoms with Crippen molar-refractivity contribution in [1.29, 1.82) is 0 Å². The van der Waals surface area contributed by atoms with Gasteiger partial charge in [0.15, 0.2) is 5.82 Å². The van der Waals surface area contributed by atoms with Crippen molar-refractivity contribution in [2.75, 3.05) is 13.6 Å². The lowest BCUT2D eigenvalue weighted by Crippen LogP contribution is -2.25. The zero-order valence-electron chi connectivity index (χ0n) is 19.4. The first-order chi connectivity index (χ1) is 15.3. The SMILES string of the molecule is CCc1c(CN(C)CC(=O)O)cccc1-c1cnc(-c2ccc(OC(C)C)c(C)c2)nc1. The predicted octanol–water partition coefficient (Wildman–Crippen LogP) is 4.99. The van der Waals surface area contributed by atoms with Gasteiger partial charge in [0.1, 0.15) is 5.75 Å². The number of carbonyl (C=O) groups is 1. The molecule has 3 rings (SSSR count). The number of aryl methyl sites for hydroxylation is 1. The van der Waals surface area contributed by atoms with Gasteiger partial charge in [-0.2, -0.15) is 0 Å². The molecule has 1 aromatic heterocycles. The molecule has 6 nitrogen and oxygen atoms in total. The number of benzene rings is 2. The quantitative estimate of drug-likeness (QED) is 0.513. The molecule has 6 heteroatoms. The van der Waals surface area contributed by atoms with Gasteiger partial charge < -0.3 is 9.84 Å².